The molecule has 1 unspecified atom stereocenters. The average Bonchev–Trinajstić information content (AvgIpc) is 2.58. The van der Waals surface area contributed by atoms with Crippen LogP contribution in [-0.2, 0) is 9.72 Å². The molecule has 0 aromatic heterocycles. The Morgan fingerprint density at radius 2 is 0.864 bits per heavy atom. The van der Waals surface area contributed by atoms with Gasteiger partial charge in [0.25, 0.3) is 0 Å². The fourth-order valence-corrected chi connectivity index (χ4v) is 4.18. The summed E-state index contributed by atoms with van der Waals surface area (Å²) in [5.41, 5.74) is 2.50. The first-order chi connectivity index (χ1) is 10.8. The Bertz CT molecular complexity index is 659. The van der Waals surface area contributed by atoms with Gasteiger partial charge >= 0.3 is 0 Å². The minimum Gasteiger partial charge on any atom is -0.345 e. The SMILES string of the molecule is O=[PH](O)C(c1ccccc1)(c1ccccc1)c1ccccc1. The third-order valence-corrected chi connectivity index (χ3v) is 5.45. The fraction of sp³-hybridized carbons (Fsp3) is 0.0526. The standard InChI is InChI=1S/C19H17O2P/c20-22(21)19(16-10-4-1-5-11-16,17-12-6-2-7-13-17)18-14-8-3-9-15-18/h1-15,22H,(H,20,21). The molecule has 22 heavy (non-hydrogen) atoms. The van der Waals surface area contributed by atoms with Gasteiger partial charge in [-0.3, -0.25) is 4.57 Å². The van der Waals surface area contributed by atoms with E-state index in [1.807, 2.05) is 91.0 Å². The van der Waals surface area contributed by atoms with Crippen molar-refractivity contribution >= 4 is 8.03 Å². The molecule has 0 bridgehead atoms. The molecular weight excluding hydrogens is 291 g/mol. The highest BCUT2D eigenvalue weighted by Gasteiger charge is 2.41. The van der Waals surface area contributed by atoms with E-state index >= 15 is 0 Å². The number of hydrogen-bond acceptors (Lipinski definition) is 1. The molecule has 0 aliphatic heterocycles. The molecule has 3 rings (SSSR count). The zero-order valence-electron chi connectivity index (χ0n) is 12.0. The van der Waals surface area contributed by atoms with Crippen LogP contribution in [0.1, 0.15) is 16.7 Å². The maximum atomic E-state index is 12.6. The quantitative estimate of drug-likeness (QED) is 0.571. The van der Waals surface area contributed by atoms with Gasteiger partial charge in [0.05, 0.1) is 0 Å². The molecule has 3 aromatic rings. The van der Waals surface area contributed by atoms with E-state index in [2.05, 4.69) is 0 Å². The van der Waals surface area contributed by atoms with Crippen molar-refractivity contribution in [3.05, 3.63) is 108 Å². The van der Waals surface area contributed by atoms with Crippen molar-refractivity contribution in [2.45, 2.75) is 5.16 Å². The Balaban J connectivity index is 2.37. The zero-order chi connectivity index (χ0) is 15.4. The van der Waals surface area contributed by atoms with Gasteiger partial charge in [-0.25, -0.2) is 0 Å². The van der Waals surface area contributed by atoms with Gasteiger partial charge in [0, 0.05) is 0 Å². The monoisotopic (exact) mass is 308 g/mol. The van der Waals surface area contributed by atoms with Crippen LogP contribution in [0, 0.1) is 0 Å². The molecule has 0 heterocycles. The van der Waals surface area contributed by atoms with Crippen LogP contribution in [0.15, 0.2) is 91.0 Å². The lowest BCUT2D eigenvalue weighted by Gasteiger charge is -2.33. The molecule has 0 radical (unpaired) electrons. The molecule has 0 saturated carbocycles. The Morgan fingerprint density at radius 3 is 1.09 bits per heavy atom. The molecule has 1 atom stereocenters. The minimum absolute atomic E-state index is 0.832. The van der Waals surface area contributed by atoms with E-state index in [-0.39, 0.29) is 0 Å². The largest absolute Gasteiger partial charge is 0.345 e. The first-order valence-electron chi connectivity index (χ1n) is 7.16. The summed E-state index contributed by atoms with van der Waals surface area (Å²) in [5.74, 6) is 0. The van der Waals surface area contributed by atoms with E-state index < -0.39 is 13.2 Å². The predicted molar refractivity (Wildman–Crippen MR) is 90.4 cm³/mol. The highest BCUT2D eigenvalue weighted by Crippen LogP contribution is 2.54. The Morgan fingerprint density at radius 1 is 0.591 bits per heavy atom. The Kier molecular flexibility index (Phi) is 4.24. The summed E-state index contributed by atoms with van der Waals surface area (Å²) in [7, 11) is -2.94. The van der Waals surface area contributed by atoms with Crippen molar-refractivity contribution < 1.29 is 9.46 Å². The molecule has 0 spiro atoms. The number of rotatable bonds is 4. The molecular formula is C19H17O2P. The highest BCUT2D eigenvalue weighted by molar-refractivity contribution is 7.40. The van der Waals surface area contributed by atoms with Gasteiger partial charge in [0.1, 0.15) is 5.16 Å². The Labute approximate surface area is 130 Å². The van der Waals surface area contributed by atoms with Gasteiger partial charge < -0.3 is 4.89 Å². The molecule has 0 fully saturated rings. The van der Waals surface area contributed by atoms with Crippen LogP contribution < -0.4 is 0 Å². The maximum Gasteiger partial charge on any atom is 0.208 e. The van der Waals surface area contributed by atoms with Crippen molar-refractivity contribution in [3.63, 3.8) is 0 Å². The maximum absolute atomic E-state index is 12.6. The van der Waals surface area contributed by atoms with Crippen molar-refractivity contribution in [1.82, 2.24) is 0 Å². The van der Waals surface area contributed by atoms with E-state index in [1.54, 1.807) is 0 Å². The topological polar surface area (TPSA) is 37.3 Å². The van der Waals surface area contributed by atoms with E-state index in [4.69, 9.17) is 0 Å². The third-order valence-electron chi connectivity index (χ3n) is 3.94. The molecule has 1 N–H and O–H groups in total. The van der Waals surface area contributed by atoms with Crippen LogP contribution in [0.25, 0.3) is 0 Å². The van der Waals surface area contributed by atoms with Crippen molar-refractivity contribution in [2.75, 3.05) is 0 Å². The number of benzene rings is 3. The van der Waals surface area contributed by atoms with Crippen molar-refractivity contribution in [2.24, 2.45) is 0 Å². The molecule has 0 amide bonds. The lowest BCUT2D eigenvalue weighted by atomic mass is 9.84. The second kappa shape index (κ2) is 6.31. The second-order valence-electron chi connectivity index (χ2n) is 5.15. The van der Waals surface area contributed by atoms with Crippen LogP contribution >= 0.6 is 8.03 Å². The molecule has 3 aromatic carbocycles. The molecule has 0 aliphatic rings. The van der Waals surface area contributed by atoms with E-state index in [0.717, 1.165) is 16.7 Å². The van der Waals surface area contributed by atoms with Gasteiger partial charge in [-0.05, 0) is 16.7 Å². The van der Waals surface area contributed by atoms with Gasteiger partial charge in [-0.1, -0.05) is 91.0 Å². The summed E-state index contributed by atoms with van der Waals surface area (Å²) < 4.78 is 12.6. The van der Waals surface area contributed by atoms with Crippen LogP contribution in [-0.4, -0.2) is 4.89 Å². The van der Waals surface area contributed by atoms with Crippen molar-refractivity contribution in [3.8, 4) is 0 Å². The van der Waals surface area contributed by atoms with Crippen LogP contribution in [0.2, 0.25) is 0 Å². The van der Waals surface area contributed by atoms with Gasteiger partial charge in [-0.2, -0.15) is 0 Å². The second-order valence-corrected chi connectivity index (χ2v) is 6.51. The summed E-state index contributed by atoms with van der Waals surface area (Å²) in [4.78, 5) is 10.4. The summed E-state index contributed by atoms with van der Waals surface area (Å²) >= 11 is 0. The predicted octanol–water partition coefficient (Wildman–Crippen LogP) is 4.45. The molecule has 0 aliphatic carbocycles. The van der Waals surface area contributed by atoms with E-state index in [1.165, 1.54) is 0 Å². The van der Waals surface area contributed by atoms with Crippen LogP contribution in [0.4, 0.5) is 0 Å². The van der Waals surface area contributed by atoms with Crippen LogP contribution in [0.5, 0.6) is 0 Å². The lowest BCUT2D eigenvalue weighted by Crippen LogP contribution is -2.25. The lowest BCUT2D eigenvalue weighted by molar-refractivity contribution is 0.481. The molecule has 110 valence electrons. The van der Waals surface area contributed by atoms with Crippen LogP contribution in [0.3, 0.4) is 0 Å². The smallest absolute Gasteiger partial charge is 0.208 e. The minimum atomic E-state index is -2.94. The average molecular weight is 308 g/mol. The molecule has 2 nitrogen and oxygen atoms in total. The van der Waals surface area contributed by atoms with E-state index in [0.29, 0.717) is 0 Å². The highest BCUT2D eigenvalue weighted by atomic mass is 31.1. The molecule has 0 saturated heterocycles. The summed E-state index contributed by atoms with van der Waals surface area (Å²) in [6.07, 6.45) is 0. The van der Waals surface area contributed by atoms with Gasteiger partial charge in [-0.15, -0.1) is 0 Å². The first-order valence-corrected chi connectivity index (χ1v) is 8.52. The Hall–Kier alpha value is -2.15. The summed E-state index contributed by atoms with van der Waals surface area (Å²) in [6.45, 7) is 0. The normalized spacial score (nSPS) is 12.8. The van der Waals surface area contributed by atoms with E-state index in [9.17, 15) is 9.46 Å². The fourth-order valence-electron chi connectivity index (χ4n) is 2.93. The zero-order valence-corrected chi connectivity index (χ0v) is 13.0. The third kappa shape index (κ3) is 2.41. The van der Waals surface area contributed by atoms with Gasteiger partial charge in [0.15, 0.2) is 0 Å². The number of hydrogen-bond donors (Lipinski definition) is 1. The van der Waals surface area contributed by atoms with Gasteiger partial charge in [0.2, 0.25) is 8.03 Å². The first kappa shape index (κ1) is 14.8. The summed E-state index contributed by atoms with van der Waals surface area (Å²) in [5, 5.41) is -1.02. The molecule has 3 heteroatoms. The van der Waals surface area contributed by atoms with Crippen molar-refractivity contribution in [1.29, 1.82) is 0 Å². The summed E-state index contributed by atoms with van der Waals surface area (Å²) in [6, 6.07) is 28.7.